The highest BCUT2D eigenvalue weighted by Gasteiger charge is 2.23. The van der Waals surface area contributed by atoms with E-state index in [1.54, 1.807) is 0 Å². The highest BCUT2D eigenvalue weighted by molar-refractivity contribution is 5.91. The van der Waals surface area contributed by atoms with Gasteiger partial charge in [0, 0.05) is 70.4 Å². The minimum Gasteiger partial charge on any atom is -0.480 e. The highest BCUT2D eigenvalue weighted by Crippen LogP contribution is 2.22. The molecule has 0 saturated carbocycles. The molecule has 11 nitrogen and oxygen atoms in total. The molecule has 0 aliphatic carbocycles. The number of hydrogen-bond acceptors (Lipinski definition) is 8. The van der Waals surface area contributed by atoms with Gasteiger partial charge in [0.15, 0.2) is 0 Å². The summed E-state index contributed by atoms with van der Waals surface area (Å²) < 4.78 is 0. The predicted octanol–water partition coefficient (Wildman–Crippen LogP) is 0.296. The van der Waals surface area contributed by atoms with Gasteiger partial charge in [-0.05, 0) is 31.8 Å². The van der Waals surface area contributed by atoms with Crippen LogP contribution >= 0.6 is 0 Å². The summed E-state index contributed by atoms with van der Waals surface area (Å²) in [6, 6.07) is 7.64. The molecule has 1 heterocycles. The van der Waals surface area contributed by atoms with Crippen molar-refractivity contribution in [3.63, 3.8) is 0 Å². The van der Waals surface area contributed by atoms with E-state index in [0.29, 0.717) is 51.5 Å². The van der Waals surface area contributed by atoms with Crippen molar-refractivity contribution in [1.82, 2.24) is 19.6 Å². The summed E-state index contributed by atoms with van der Waals surface area (Å²) in [5, 5.41) is 21.3. The van der Waals surface area contributed by atoms with Gasteiger partial charge in [0.1, 0.15) is 6.29 Å². The second-order valence-corrected chi connectivity index (χ2v) is 9.00. The van der Waals surface area contributed by atoms with Crippen LogP contribution in [0.15, 0.2) is 24.3 Å². The highest BCUT2D eigenvalue weighted by atomic mass is 16.4. The fraction of sp³-hybridized carbons (Fsp3) is 0.583. The van der Waals surface area contributed by atoms with Gasteiger partial charge >= 0.3 is 11.9 Å². The standard InChI is InChI=1S/C24H37N5O6/c1-26(2)21(19-5-7-20(8-6-19)25-22(31)4-3-15-30)16-27-9-11-28(17-23(32)33)13-14-29(12-10-27)18-24(34)35/h5-8,15,21H,3-4,9-14,16-18H2,1-2H3,(H,25,31)(H,32,33)(H,34,35). The number of hydrogen-bond donors (Lipinski definition) is 3. The first-order valence-electron chi connectivity index (χ1n) is 11.8. The molecule has 1 aliphatic rings. The molecule has 1 aromatic carbocycles. The number of likely N-dealkylation sites (N-methyl/N-ethyl adjacent to an activating group) is 1. The monoisotopic (exact) mass is 491 g/mol. The lowest BCUT2D eigenvalue weighted by Crippen LogP contribution is -2.42. The number of carboxylic acids is 2. The van der Waals surface area contributed by atoms with Gasteiger partial charge in [0.25, 0.3) is 0 Å². The molecule has 1 atom stereocenters. The lowest BCUT2D eigenvalue weighted by molar-refractivity contribution is -0.140. The molecule has 0 radical (unpaired) electrons. The Morgan fingerprint density at radius 3 is 1.83 bits per heavy atom. The number of nitrogens with one attached hydrogen (secondary N) is 1. The van der Waals surface area contributed by atoms with Crippen molar-refractivity contribution in [3.8, 4) is 0 Å². The van der Waals surface area contributed by atoms with Crippen LogP contribution in [0.5, 0.6) is 0 Å². The molecule has 0 bridgehead atoms. The van der Waals surface area contributed by atoms with E-state index in [1.165, 1.54) is 0 Å². The maximum atomic E-state index is 11.9. The lowest BCUT2D eigenvalue weighted by Gasteiger charge is -2.33. The summed E-state index contributed by atoms with van der Waals surface area (Å²) in [4.78, 5) is 52.9. The normalized spacial score (nSPS) is 17.2. The molecule has 1 saturated heterocycles. The van der Waals surface area contributed by atoms with E-state index in [1.807, 2.05) is 48.2 Å². The Morgan fingerprint density at radius 1 is 0.914 bits per heavy atom. The van der Waals surface area contributed by atoms with Crippen LogP contribution in [-0.4, -0.2) is 127 Å². The van der Waals surface area contributed by atoms with Crippen LogP contribution in [0.1, 0.15) is 24.4 Å². The van der Waals surface area contributed by atoms with Gasteiger partial charge in [-0.25, -0.2) is 0 Å². The van der Waals surface area contributed by atoms with Crippen molar-refractivity contribution in [2.75, 3.05) is 78.3 Å². The summed E-state index contributed by atoms with van der Waals surface area (Å²) in [7, 11) is 3.98. The maximum Gasteiger partial charge on any atom is 0.317 e. The van der Waals surface area contributed by atoms with Gasteiger partial charge in [0.05, 0.1) is 13.1 Å². The summed E-state index contributed by atoms with van der Waals surface area (Å²) in [5.74, 6) is -2.00. The van der Waals surface area contributed by atoms with Crippen LogP contribution in [0.3, 0.4) is 0 Å². The van der Waals surface area contributed by atoms with Gasteiger partial charge in [-0.3, -0.25) is 29.1 Å². The van der Waals surface area contributed by atoms with Crippen molar-refractivity contribution < 1.29 is 29.4 Å². The number of aliphatic carboxylic acids is 2. The van der Waals surface area contributed by atoms with Crippen molar-refractivity contribution in [2.24, 2.45) is 0 Å². The Balaban J connectivity index is 2.10. The summed E-state index contributed by atoms with van der Waals surface area (Å²) >= 11 is 0. The average molecular weight is 492 g/mol. The minimum atomic E-state index is -0.898. The van der Waals surface area contributed by atoms with Crippen LogP contribution in [0.4, 0.5) is 5.69 Å². The van der Waals surface area contributed by atoms with Gasteiger partial charge < -0.3 is 25.2 Å². The van der Waals surface area contributed by atoms with Crippen molar-refractivity contribution in [1.29, 1.82) is 0 Å². The Morgan fingerprint density at radius 2 is 1.40 bits per heavy atom. The molecular weight excluding hydrogens is 454 g/mol. The Labute approximate surface area is 206 Å². The maximum absolute atomic E-state index is 11.9. The van der Waals surface area contributed by atoms with E-state index in [0.717, 1.165) is 11.8 Å². The molecule has 1 amide bonds. The third-order valence-corrected chi connectivity index (χ3v) is 6.04. The number of carbonyl (C=O) groups is 4. The summed E-state index contributed by atoms with van der Waals surface area (Å²) in [6.45, 7) is 4.04. The zero-order valence-electron chi connectivity index (χ0n) is 20.6. The first kappa shape index (κ1) is 28.4. The predicted molar refractivity (Wildman–Crippen MR) is 131 cm³/mol. The summed E-state index contributed by atoms with van der Waals surface area (Å²) in [6.07, 6.45) is 1.06. The lowest BCUT2D eigenvalue weighted by atomic mass is 10.0. The van der Waals surface area contributed by atoms with E-state index in [4.69, 9.17) is 0 Å². The topological polar surface area (TPSA) is 134 Å². The first-order valence-corrected chi connectivity index (χ1v) is 11.8. The van der Waals surface area contributed by atoms with E-state index in [2.05, 4.69) is 15.1 Å². The number of carbonyl (C=O) groups excluding carboxylic acids is 2. The molecule has 1 aromatic rings. The third kappa shape index (κ3) is 10.5. The van der Waals surface area contributed by atoms with Crippen LogP contribution in [0.2, 0.25) is 0 Å². The van der Waals surface area contributed by atoms with E-state index in [-0.39, 0.29) is 37.9 Å². The van der Waals surface area contributed by atoms with Gasteiger partial charge in [-0.15, -0.1) is 0 Å². The fourth-order valence-electron chi connectivity index (χ4n) is 4.08. The first-order chi connectivity index (χ1) is 16.7. The molecule has 11 heteroatoms. The summed E-state index contributed by atoms with van der Waals surface area (Å²) in [5.41, 5.74) is 1.73. The van der Waals surface area contributed by atoms with Crippen molar-refractivity contribution in [2.45, 2.75) is 18.9 Å². The zero-order valence-corrected chi connectivity index (χ0v) is 20.6. The van der Waals surface area contributed by atoms with Crippen LogP contribution in [0.25, 0.3) is 0 Å². The second-order valence-electron chi connectivity index (χ2n) is 9.00. The second kappa shape index (κ2) is 14.5. The van der Waals surface area contributed by atoms with Gasteiger partial charge in [-0.2, -0.15) is 0 Å². The Bertz CT molecular complexity index is 819. The van der Waals surface area contributed by atoms with E-state index < -0.39 is 11.9 Å². The molecule has 194 valence electrons. The largest absolute Gasteiger partial charge is 0.480 e. The number of benzene rings is 1. The smallest absolute Gasteiger partial charge is 0.317 e. The van der Waals surface area contributed by atoms with Crippen LogP contribution in [0, 0.1) is 0 Å². The molecule has 1 aliphatic heterocycles. The van der Waals surface area contributed by atoms with Gasteiger partial charge in [-0.1, -0.05) is 12.1 Å². The van der Waals surface area contributed by atoms with Crippen LogP contribution < -0.4 is 5.32 Å². The average Bonchev–Trinajstić information content (AvgIpc) is 2.87. The molecule has 2 rings (SSSR count). The zero-order chi connectivity index (χ0) is 25.8. The number of aldehydes is 1. The molecular formula is C24H37N5O6. The van der Waals surface area contributed by atoms with E-state index in [9.17, 15) is 29.4 Å². The number of rotatable bonds is 12. The Kier molecular flexibility index (Phi) is 11.8. The number of nitrogens with zero attached hydrogens (tertiary/aromatic N) is 4. The molecule has 1 unspecified atom stereocenters. The molecule has 35 heavy (non-hydrogen) atoms. The third-order valence-electron chi connectivity index (χ3n) is 6.04. The quantitative estimate of drug-likeness (QED) is 0.351. The van der Waals surface area contributed by atoms with Gasteiger partial charge in [0.2, 0.25) is 5.91 Å². The number of carboxylic acid groups (broad SMARTS) is 2. The Hall–Kier alpha value is -2.86. The van der Waals surface area contributed by atoms with Crippen molar-refractivity contribution >= 4 is 29.8 Å². The SMILES string of the molecule is CN(C)C(CN1CCN(CC(=O)O)CCN(CC(=O)O)CC1)c1ccc(NC(=O)CCC=O)cc1. The van der Waals surface area contributed by atoms with E-state index >= 15 is 0 Å². The molecule has 0 spiro atoms. The minimum absolute atomic E-state index is 0.0383. The molecule has 1 fully saturated rings. The molecule has 0 aromatic heterocycles. The van der Waals surface area contributed by atoms with Crippen molar-refractivity contribution in [3.05, 3.63) is 29.8 Å². The van der Waals surface area contributed by atoms with Crippen LogP contribution in [-0.2, 0) is 19.2 Å². The number of anilines is 1. The fourth-order valence-corrected chi connectivity index (χ4v) is 4.08. The number of amides is 1. The molecule has 3 N–H and O–H groups in total.